The summed E-state index contributed by atoms with van der Waals surface area (Å²) in [6, 6.07) is 0.347. The Kier molecular flexibility index (Phi) is 4.33. The Balaban J connectivity index is 1.89. The zero-order valence-corrected chi connectivity index (χ0v) is 10.5. The fourth-order valence-electron chi connectivity index (χ4n) is 1.82. The van der Waals surface area contributed by atoms with Crippen LogP contribution in [0.4, 0.5) is 5.82 Å². The highest BCUT2D eigenvalue weighted by atomic mass is 16.5. The van der Waals surface area contributed by atoms with Crippen molar-refractivity contribution in [2.24, 2.45) is 0 Å². The monoisotopic (exact) mass is 253 g/mol. The van der Waals surface area contributed by atoms with Crippen LogP contribution in [0.1, 0.15) is 25.3 Å². The Morgan fingerprint density at radius 2 is 2.44 bits per heavy atom. The molecule has 100 valence electrons. The van der Waals surface area contributed by atoms with Gasteiger partial charge in [0.2, 0.25) is 0 Å². The zero-order chi connectivity index (χ0) is 13.0. The summed E-state index contributed by atoms with van der Waals surface area (Å²) < 4.78 is 6.55. The Hall–Kier alpha value is -1.40. The largest absolute Gasteiger partial charge is 0.391 e. The van der Waals surface area contributed by atoms with Crippen molar-refractivity contribution in [2.45, 2.75) is 31.4 Å². The minimum atomic E-state index is -0.517. The second-order valence-corrected chi connectivity index (χ2v) is 4.54. The van der Waals surface area contributed by atoms with Crippen molar-refractivity contribution in [3.8, 4) is 0 Å². The normalized spacial score (nSPS) is 16.6. The van der Waals surface area contributed by atoms with Crippen LogP contribution in [-0.4, -0.2) is 41.0 Å². The van der Waals surface area contributed by atoms with Crippen molar-refractivity contribution < 1.29 is 9.84 Å². The lowest BCUT2D eigenvalue weighted by molar-refractivity contribution is 0.0615. The van der Waals surface area contributed by atoms with Crippen LogP contribution in [0.25, 0.3) is 0 Å². The maximum Gasteiger partial charge on any atom is 0.293 e. The second kappa shape index (κ2) is 5.97. The highest BCUT2D eigenvalue weighted by molar-refractivity contribution is 5.31. The lowest BCUT2D eigenvalue weighted by Gasteiger charge is -2.11. The van der Waals surface area contributed by atoms with Crippen LogP contribution in [0.15, 0.2) is 17.2 Å². The van der Waals surface area contributed by atoms with E-state index in [9.17, 15) is 9.90 Å². The summed E-state index contributed by atoms with van der Waals surface area (Å²) >= 11 is 0. The smallest absolute Gasteiger partial charge is 0.293 e. The predicted molar refractivity (Wildman–Crippen MR) is 67.8 cm³/mol. The summed E-state index contributed by atoms with van der Waals surface area (Å²) in [5.41, 5.74) is -0.0822. The molecule has 1 aliphatic rings. The van der Waals surface area contributed by atoms with Gasteiger partial charge < -0.3 is 19.7 Å². The Morgan fingerprint density at radius 3 is 3.11 bits per heavy atom. The maximum absolute atomic E-state index is 12.0. The van der Waals surface area contributed by atoms with Gasteiger partial charge in [0.1, 0.15) is 0 Å². The molecule has 1 aromatic rings. The highest BCUT2D eigenvalue weighted by Gasteiger charge is 2.25. The van der Waals surface area contributed by atoms with Crippen molar-refractivity contribution in [3.05, 3.63) is 22.7 Å². The SMILES string of the molecule is COCC(O)CCNc1nccn(C2CC2)c1=O. The summed E-state index contributed by atoms with van der Waals surface area (Å²) in [4.78, 5) is 16.0. The van der Waals surface area contributed by atoms with Gasteiger partial charge in [-0.2, -0.15) is 0 Å². The lowest BCUT2D eigenvalue weighted by atomic mass is 10.2. The Labute approximate surface area is 106 Å². The third kappa shape index (κ3) is 3.30. The van der Waals surface area contributed by atoms with Crippen LogP contribution >= 0.6 is 0 Å². The molecule has 1 unspecified atom stereocenters. The molecule has 1 atom stereocenters. The predicted octanol–water partition coefficient (Wildman–Crippen LogP) is 0.387. The van der Waals surface area contributed by atoms with E-state index in [2.05, 4.69) is 10.3 Å². The van der Waals surface area contributed by atoms with Crippen LogP contribution in [-0.2, 0) is 4.74 Å². The molecular formula is C12H19N3O3. The first-order valence-electron chi connectivity index (χ1n) is 6.20. The molecule has 0 radical (unpaired) electrons. The summed E-state index contributed by atoms with van der Waals surface area (Å²) in [6.07, 6.45) is 5.49. The molecule has 0 amide bonds. The van der Waals surface area contributed by atoms with E-state index in [1.165, 1.54) is 0 Å². The molecule has 1 saturated carbocycles. The van der Waals surface area contributed by atoms with Crippen molar-refractivity contribution in [1.29, 1.82) is 0 Å². The average Bonchev–Trinajstić information content (AvgIpc) is 3.16. The number of aliphatic hydroxyl groups excluding tert-OH is 1. The number of methoxy groups -OCH3 is 1. The van der Waals surface area contributed by atoms with E-state index in [0.717, 1.165) is 12.8 Å². The van der Waals surface area contributed by atoms with Crippen LogP contribution in [0.2, 0.25) is 0 Å². The number of aliphatic hydroxyl groups is 1. The number of aromatic nitrogens is 2. The summed E-state index contributed by atoms with van der Waals surface area (Å²) in [5.74, 6) is 0.356. The Bertz CT molecular complexity index is 442. The number of hydrogen-bond acceptors (Lipinski definition) is 5. The standard InChI is InChI=1S/C12H19N3O3/c1-18-8-10(16)4-5-13-11-12(17)15(7-6-14-11)9-2-3-9/h6-7,9-10,16H,2-5,8H2,1H3,(H,13,14). The number of anilines is 1. The molecule has 0 aliphatic heterocycles. The van der Waals surface area contributed by atoms with E-state index >= 15 is 0 Å². The third-order valence-electron chi connectivity index (χ3n) is 2.94. The minimum Gasteiger partial charge on any atom is -0.391 e. The Morgan fingerprint density at radius 1 is 1.67 bits per heavy atom. The molecule has 1 heterocycles. The second-order valence-electron chi connectivity index (χ2n) is 4.54. The molecule has 6 heteroatoms. The van der Waals surface area contributed by atoms with Crippen molar-refractivity contribution in [3.63, 3.8) is 0 Å². The molecule has 1 aliphatic carbocycles. The van der Waals surface area contributed by atoms with Crippen molar-refractivity contribution in [2.75, 3.05) is 25.6 Å². The van der Waals surface area contributed by atoms with Gasteiger partial charge in [0.25, 0.3) is 5.56 Å². The number of nitrogens with one attached hydrogen (secondary N) is 1. The quantitative estimate of drug-likeness (QED) is 0.735. The van der Waals surface area contributed by atoms with Crippen molar-refractivity contribution in [1.82, 2.24) is 9.55 Å². The average molecular weight is 253 g/mol. The first-order chi connectivity index (χ1) is 8.72. The molecule has 6 nitrogen and oxygen atoms in total. The number of rotatable bonds is 7. The van der Waals surface area contributed by atoms with Gasteiger partial charge in [-0.1, -0.05) is 0 Å². The minimum absolute atomic E-state index is 0.0822. The van der Waals surface area contributed by atoms with Gasteiger partial charge in [0.15, 0.2) is 5.82 Å². The third-order valence-corrected chi connectivity index (χ3v) is 2.94. The van der Waals surface area contributed by atoms with Crippen LogP contribution in [0, 0.1) is 0 Å². The van der Waals surface area contributed by atoms with E-state index in [4.69, 9.17) is 4.74 Å². The van der Waals surface area contributed by atoms with E-state index in [1.54, 1.807) is 24.1 Å². The van der Waals surface area contributed by atoms with Crippen molar-refractivity contribution >= 4 is 5.82 Å². The molecule has 0 bridgehead atoms. The van der Waals surface area contributed by atoms with Crippen LogP contribution in [0.3, 0.4) is 0 Å². The maximum atomic E-state index is 12.0. The van der Waals surface area contributed by atoms with E-state index < -0.39 is 6.10 Å². The molecule has 0 aromatic carbocycles. The van der Waals surface area contributed by atoms with Gasteiger partial charge in [0.05, 0.1) is 12.7 Å². The summed E-state index contributed by atoms with van der Waals surface area (Å²) in [5, 5.41) is 12.4. The van der Waals surface area contributed by atoms with Gasteiger partial charge in [-0.25, -0.2) is 4.98 Å². The first-order valence-corrected chi connectivity index (χ1v) is 6.20. The fourth-order valence-corrected chi connectivity index (χ4v) is 1.82. The van der Waals surface area contributed by atoms with E-state index in [0.29, 0.717) is 31.4 Å². The van der Waals surface area contributed by atoms with Gasteiger partial charge in [-0.3, -0.25) is 4.79 Å². The fraction of sp³-hybridized carbons (Fsp3) is 0.667. The molecule has 1 aromatic heterocycles. The highest BCUT2D eigenvalue weighted by Crippen LogP contribution is 2.33. The number of nitrogens with zero attached hydrogens (tertiary/aromatic N) is 2. The zero-order valence-electron chi connectivity index (χ0n) is 10.5. The molecule has 18 heavy (non-hydrogen) atoms. The molecule has 2 N–H and O–H groups in total. The van der Waals surface area contributed by atoms with Gasteiger partial charge in [-0.15, -0.1) is 0 Å². The van der Waals surface area contributed by atoms with Gasteiger partial charge >= 0.3 is 0 Å². The van der Waals surface area contributed by atoms with E-state index in [-0.39, 0.29) is 5.56 Å². The van der Waals surface area contributed by atoms with Gasteiger partial charge in [0, 0.05) is 32.1 Å². The molecule has 0 spiro atoms. The number of hydrogen-bond donors (Lipinski definition) is 2. The van der Waals surface area contributed by atoms with Crippen LogP contribution in [0.5, 0.6) is 0 Å². The molecule has 1 fully saturated rings. The summed E-state index contributed by atoms with van der Waals surface area (Å²) in [6.45, 7) is 0.803. The first kappa shape index (κ1) is 13.0. The van der Waals surface area contributed by atoms with Crippen LogP contribution < -0.4 is 10.9 Å². The topological polar surface area (TPSA) is 76.4 Å². The van der Waals surface area contributed by atoms with Gasteiger partial charge in [-0.05, 0) is 19.3 Å². The molecule has 2 rings (SSSR count). The number of ether oxygens (including phenoxy) is 1. The molecule has 0 saturated heterocycles. The molecular weight excluding hydrogens is 234 g/mol. The lowest BCUT2D eigenvalue weighted by Crippen LogP contribution is -2.25. The van der Waals surface area contributed by atoms with E-state index in [1.807, 2.05) is 0 Å². The summed E-state index contributed by atoms with van der Waals surface area (Å²) in [7, 11) is 1.55.